The summed E-state index contributed by atoms with van der Waals surface area (Å²) in [6.07, 6.45) is 2.23. The lowest BCUT2D eigenvalue weighted by atomic mass is 10.0. The third kappa shape index (κ3) is 3.13. The van der Waals surface area contributed by atoms with Crippen molar-refractivity contribution in [1.82, 2.24) is 20.2 Å². The van der Waals surface area contributed by atoms with Gasteiger partial charge < -0.3 is 15.2 Å². The van der Waals surface area contributed by atoms with Gasteiger partial charge in [-0.15, -0.1) is 5.10 Å². The molecule has 1 unspecified atom stereocenters. The van der Waals surface area contributed by atoms with Crippen LogP contribution in [0.4, 0.5) is 5.69 Å². The summed E-state index contributed by atoms with van der Waals surface area (Å²) < 4.78 is 12.6. The van der Waals surface area contributed by atoms with E-state index in [1.165, 1.54) is 0 Å². The highest BCUT2D eigenvalue weighted by Crippen LogP contribution is 2.26. The summed E-state index contributed by atoms with van der Waals surface area (Å²) in [5, 5.41) is 12.0. The topological polar surface area (TPSA) is 88.1 Å². The van der Waals surface area contributed by atoms with Crippen molar-refractivity contribution >= 4 is 5.69 Å². The molecule has 112 valence electrons. The summed E-state index contributed by atoms with van der Waals surface area (Å²) in [4.78, 5) is 0. The van der Waals surface area contributed by atoms with Crippen molar-refractivity contribution in [2.75, 3.05) is 26.1 Å². The molecule has 0 radical (unpaired) electrons. The van der Waals surface area contributed by atoms with E-state index in [1.54, 1.807) is 13.2 Å². The predicted octanol–water partition coefficient (Wildman–Crippen LogP) is 1.36. The van der Waals surface area contributed by atoms with Gasteiger partial charge in [-0.3, -0.25) is 0 Å². The molecular weight excluding hydrogens is 270 g/mol. The van der Waals surface area contributed by atoms with Crippen LogP contribution in [0.3, 0.4) is 0 Å². The van der Waals surface area contributed by atoms with Gasteiger partial charge in [0.15, 0.2) is 5.82 Å². The maximum Gasteiger partial charge on any atom is 0.182 e. The van der Waals surface area contributed by atoms with E-state index >= 15 is 0 Å². The highest BCUT2D eigenvalue weighted by molar-refractivity contribution is 5.64. The molecule has 3 rings (SSSR count). The first-order chi connectivity index (χ1) is 10.3. The molecule has 1 atom stereocenters. The van der Waals surface area contributed by atoms with Crippen LogP contribution in [-0.2, 0) is 11.3 Å². The number of hydrogen-bond donors (Lipinski definition) is 1. The van der Waals surface area contributed by atoms with E-state index in [2.05, 4.69) is 15.5 Å². The van der Waals surface area contributed by atoms with Crippen molar-refractivity contribution in [3.63, 3.8) is 0 Å². The van der Waals surface area contributed by atoms with E-state index in [9.17, 15) is 0 Å². The molecule has 1 saturated heterocycles. The summed E-state index contributed by atoms with van der Waals surface area (Å²) in [6.45, 7) is 2.37. The van der Waals surface area contributed by atoms with Gasteiger partial charge in [0.1, 0.15) is 5.75 Å². The van der Waals surface area contributed by atoms with Gasteiger partial charge in [0.05, 0.1) is 20.3 Å². The van der Waals surface area contributed by atoms with Crippen molar-refractivity contribution in [3.05, 3.63) is 18.2 Å². The molecule has 1 fully saturated rings. The zero-order valence-corrected chi connectivity index (χ0v) is 12.0. The maximum absolute atomic E-state index is 5.90. The number of benzene rings is 1. The van der Waals surface area contributed by atoms with Crippen molar-refractivity contribution in [2.24, 2.45) is 5.92 Å². The monoisotopic (exact) mass is 289 g/mol. The number of nitrogen functional groups attached to an aromatic ring is 1. The van der Waals surface area contributed by atoms with Crippen LogP contribution >= 0.6 is 0 Å². The third-order valence-corrected chi connectivity index (χ3v) is 3.64. The van der Waals surface area contributed by atoms with Crippen LogP contribution < -0.4 is 10.5 Å². The highest BCUT2D eigenvalue weighted by atomic mass is 16.5. The minimum atomic E-state index is 0.448. The van der Waals surface area contributed by atoms with Crippen LogP contribution in [-0.4, -0.2) is 40.5 Å². The molecule has 0 saturated carbocycles. The van der Waals surface area contributed by atoms with E-state index in [-0.39, 0.29) is 0 Å². The van der Waals surface area contributed by atoms with Gasteiger partial charge in [-0.25, -0.2) is 4.68 Å². The first kappa shape index (κ1) is 13.8. The molecule has 1 aromatic heterocycles. The number of ether oxygens (including phenoxy) is 2. The van der Waals surface area contributed by atoms with E-state index in [0.717, 1.165) is 38.2 Å². The van der Waals surface area contributed by atoms with Crippen molar-refractivity contribution in [1.29, 1.82) is 0 Å². The minimum absolute atomic E-state index is 0.448. The number of anilines is 1. The lowest BCUT2D eigenvalue weighted by molar-refractivity contribution is 0.0470. The van der Waals surface area contributed by atoms with E-state index < -0.39 is 0 Å². The van der Waals surface area contributed by atoms with Crippen molar-refractivity contribution in [2.45, 2.75) is 19.4 Å². The maximum atomic E-state index is 5.90. The molecule has 2 heterocycles. The summed E-state index contributed by atoms with van der Waals surface area (Å²) in [5.74, 6) is 1.84. The molecule has 0 spiro atoms. The molecule has 1 aliphatic heterocycles. The molecule has 1 aromatic carbocycles. The number of nitrogens with two attached hydrogens (primary N) is 1. The molecule has 1 aliphatic rings. The lowest BCUT2D eigenvalue weighted by Crippen LogP contribution is -2.23. The number of methoxy groups -OCH3 is 1. The van der Waals surface area contributed by atoms with Crippen LogP contribution in [0, 0.1) is 5.92 Å². The smallest absolute Gasteiger partial charge is 0.182 e. The Morgan fingerprint density at radius 1 is 1.43 bits per heavy atom. The normalized spacial score (nSPS) is 18.6. The second-order valence-electron chi connectivity index (χ2n) is 5.26. The average Bonchev–Trinajstić information content (AvgIpc) is 2.96. The number of aromatic nitrogens is 4. The summed E-state index contributed by atoms with van der Waals surface area (Å²) in [6, 6.07) is 5.50. The Morgan fingerprint density at radius 3 is 3.10 bits per heavy atom. The molecule has 0 bridgehead atoms. The zero-order chi connectivity index (χ0) is 14.7. The fraction of sp³-hybridized carbons (Fsp3) is 0.500. The second kappa shape index (κ2) is 6.09. The van der Waals surface area contributed by atoms with Gasteiger partial charge in [-0.05, 0) is 35.4 Å². The third-order valence-electron chi connectivity index (χ3n) is 3.64. The second-order valence-corrected chi connectivity index (χ2v) is 5.26. The van der Waals surface area contributed by atoms with Gasteiger partial charge in [-0.2, -0.15) is 0 Å². The Bertz CT molecular complexity index is 607. The Morgan fingerprint density at radius 2 is 2.33 bits per heavy atom. The highest BCUT2D eigenvalue weighted by Gasteiger charge is 2.18. The average molecular weight is 289 g/mol. The summed E-state index contributed by atoms with van der Waals surface area (Å²) in [7, 11) is 1.61. The number of tetrazole rings is 1. The fourth-order valence-electron chi connectivity index (χ4n) is 2.60. The van der Waals surface area contributed by atoms with Gasteiger partial charge in [0.2, 0.25) is 0 Å². The Balaban J connectivity index is 1.86. The summed E-state index contributed by atoms with van der Waals surface area (Å²) >= 11 is 0. The van der Waals surface area contributed by atoms with E-state index in [4.69, 9.17) is 15.2 Å². The standard InChI is InChI=1S/C14H19N5O2/c1-20-13-6-11(5-12(15)7-13)14-16-17-18-19(14)8-10-3-2-4-21-9-10/h5-7,10H,2-4,8-9,15H2,1H3. The quantitative estimate of drug-likeness (QED) is 0.855. The van der Waals surface area contributed by atoms with Crippen LogP contribution in [0.2, 0.25) is 0 Å². The molecular formula is C14H19N5O2. The molecule has 2 N–H and O–H groups in total. The van der Waals surface area contributed by atoms with Crippen LogP contribution in [0.5, 0.6) is 5.75 Å². The minimum Gasteiger partial charge on any atom is -0.497 e. The fourth-order valence-corrected chi connectivity index (χ4v) is 2.60. The Hall–Kier alpha value is -2.15. The van der Waals surface area contributed by atoms with Crippen LogP contribution in [0.1, 0.15) is 12.8 Å². The molecule has 0 aliphatic carbocycles. The Labute approximate surface area is 123 Å². The van der Waals surface area contributed by atoms with Gasteiger partial charge in [0.25, 0.3) is 0 Å². The zero-order valence-electron chi connectivity index (χ0n) is 12.0. The molecule has 7 nitrogen and oxygen atoms in total. The molecule has 2 aromatic rings. The predicted molar refractivity (Wildman–Crippen MR) is 77.8 cm³/mol. The largest absolute Gasteiger partial charge is 0.497 e. The van der Waals surface area contributed by atoms with Crippen LogP contribution in [0.15, 0.2) is 18.2 Å². The van der Waals surface area contributed by atoms with Gasteiger partial charge in [0, 0.05) is 29.8 Å². The van der Waals surface area contributed by atoms with Crippen molar-refractivity contribution in [3.8, 4) is 17.1 Å². The summed E-state index contributed by atoms with van der Waals surface area (Å²) in [5.41, 5.74) is 7.38. The number of nitrogens with zero attached hydrogens (tertiary/aromatic N) is 4. The van der Waals surface area contributed by atoms with E-state index in [1.807, 2.05) is 16.8 Å². The Kier molecular flexibility index (Phi) is 4.01. The molecule has 0 amide bonds. The van der Waals surface area contributed by atoms with E-state index in [0.29, 0.717) is 23.2 Å². The SMILES string of the molecule is COc1cc(N)cc(-c2nnnn2CC2CCCOC2)c1. The van der Waals surface area contributed by atoms with Crippen LogP contribution in [0.25, 0.3) is 11.4 Å². The van der Waals surface area contributed by atoms with Gasteiger partial charge >= 0.3 is 0 Å². The number of hydrogen-bond acceptors (Lipinski definition) is 6. The van der Waals surface area contributed by atoms with Gasteiger partial charge in [-0.1, -0.05) is 0 Å². The van der Waals surface area contributed by atoms with Crippen molar-refractivity contribution < 1.29 is 9.47 Å². The number of rotatable bonds is 4. The molecule has 7 heteroatoms. The lowest BCUT2D eigenvalue weighted by Gasteiger charge is -2.22. The first-order valence-electron chi connectivity index (χ1n) is 7.05. The first-order valence-corrected chi connectivity index (χ1v) is 7.05. The molecule has 21 heavy (non-hydrogen) atoms.